The van der Waals surface area contributed by atoms with Gasteiger partial charge in [0.25, 0.3) is 0 Å². The van der Waals surface area contributed by atoms with Crippen LogP contribution >= 0.6 is 0 Å². The number of likely N-dealkylation sites (N-methyl/N-ethyl adjacent to an activating group) is 1. The zero-order valence-electron chi connectivity index (χ0n) is 9.06. The van der Waals surface area contributed by atoms with E-state index >= 15 is 0 Å². The molecule has 1 unspecified atom stereocenters. The van der Waals surface area contributed by atoms with Gasteiger partial charge in [-0.2, -0.15) is 0 Å². The number of aliphatic imine (C=N–C) groups is 1. The van der Waals surface area contributed by atoms with Crippen LogP contribution in [0.15, 0.2) is 4.99 Å². The van der Waals surface area contributed by atoms with E-state index in [-0.39, 0.29) is 12.2 Å². The van der Waals surface area contributed by atoms with Crippen molar-refractivity contribution >= 4 is 5.96 Å². The molecule has 1 atom stereocenters. The van der Waals surface area contributed by atoms with Crippen molar-refractivity contribution in [2.24, 2.45) is 10.9 Å². The smallest absolute Gasteiger partial charge is 0.193 e. The first kappa shape index (κ1) is 10.7. The van der Waals surface area contributed by atoms with E-state index < -0.39 is 0 Å². The second kappa shape index (κ2) is 4.37. The third kappa shape index (κ3) is 2.60. The van der Waals surface area contributed by atoms with Gasteiger partial charge in [-0.05, 0) is 18.8 Å². The number of rotatable bonds is 2. The summed E-state index contributed by atoms with van der Waals surface area (Å²) < 4.78 is 0. The molecule has 3 N–H and O–H groups in total. The average Bonchev–Trinajstić information content (AvgIpc) is 2.13. The molecule has 2 rings (SSSR count). The van der Waals surface area contributed by atoms with Crippen molar-refractivity contribution in [3.05, 3.63) is 0 Å². The molecule has 2 aliphatic rings. The fourth-order valence-corrected chi connectivity index (χ4v) is 2.07. The largest absolute Gasteiger partial charge is 0.393 e. The van der Waals surface area contributed by atoms with Gasteiger partial charge in [0.15, 0.2) is 5.96 Å². The summed E-state index contributed by atoms with van der Waals surface area (Å²) in [4.78, 5) is 6.19. The number of nitrogens with one attached hydrogen (secondary N) is 1. The molecule has 5 nitrogen and oxygen atoms in total. The van der Waals surface area contributed by atoms with Crippen molar-refractivity contribution in [2.45, 2.75) is 25.0 Å². The lowest BCUT2D eigenvalue weighted by Gasteiger charge is -2.34. The number of β-amino-alcohol motifs (C(OH)–C–C–N with tert-alkyl or cyclic N) is 1. The average molecular weight is 213 g/mol. The third-order valence-corrected chi connectivity index (χ3v) is 3.06. The summed E-state index contributed by atoms with van der Waals surface area (Å²) in [6, 6.07) is 0. The highest BCUT2D eigenvalue weighted by Gasteiger charge is 2.27. The fraction of sp³-hybridized carbons (Fsp3) is 0.900. The lowest BCUT2D eigenvalue weighted by atomic mass is 9.82. The van der Waals surface area contributed by atoms with E-state index in [9.17, 15) is 5.11 Å². The first-order valence-corrected chi connectivity index (χ1v) is 5.50. The van der Waals surface area contributed by atoms with Gasteiger partial charge in [-0.1, -0.05) is 0 Å². The number of guanidine groups is 1. The van der Waals surface area contributed by atoms with Crippen molar-refractivity contribution in [1.29, 1.82) is 0 Å². The van der Waals surface area contributed by atoms with Gasteiger partial charge in [0.1, 0.15) is 0 Å². The van der Waals surface area contributed by atoms with Crippen LogP contribution in [0.3, 0.4) is 0 Å². The Kier molecular flexibility index (Phi) is 3.11. The molecule has 86 valence electrons. The summed E-state index contributed by atoms with van der Waals surface area (Å²) >= 11 is 0. The summed E-state index contributed by atoms with van der Waals surface area (Å²) in [5.74, 6) is 1.43. The van der Waals surface area contributed by atoms with Gasteiger partial charge in [0, 0.05) is 20.1 Å². The topological polar surface area (TPSA) is 68.1 Å². The Hall–Kier alpha value is -0.810. The van der Waals surface area contributed by atoms with Crippen LogP contribution in [0.25, 0.3) is 0 Å². The first-order valence-electron chi connectivity index (χ1n) is 5.50. The van der Waals surface area contributed by atoms with E-state index in [1.807, 2.05) is 11.9 Å². The molecule has 0 saturated heterocycles. The second-order valence-electron chi connectivity index (χ2n) is 4.57. The molecular formula is C10H19N3O2. The van der Waals surface area contributed by atoms with Crippen LogP contribution in [0.1, 0.15) is 12.8 Å². The minimum atomic E-state index is -0.342. The van der Waals surface area contributed by atoms with Gasteiger partial charge in [0.2, 0.25) is 0 Å². The maximum absolute atomic E-state index is 9.36. The lowest BCUT2D eigenvalue weighted by molar-refractivity contribution is 0.0445. The SMILES string of the molecule is CN1CC(O)CN=C1NCC1CC(O)C1. The van der Waals surface area contributed by atoms with Crippen LogP contribution in [0.5, 0.6) is 0 Å². The molecule has 0 spiro atoms. The molecular weight excluding hydrogens is 194 g/mol. The van der Waals surface area contributed by atoms with Gasteiger partial charge in [0.05, 0.1) is 18.8 Å². The first-order chi connectivity index (χ1) is 7.15. The quantitative estimate of drug-likeness (QED) is 0.551. The van der Waals surface area contributed by atoms with Crippen molar-refractivity contribution in [2.75, 3.05) is 26.7 Å². The van der Waals surface area contributed by atoms with Crippen LogP contribution in [0, 0.1) is 5.92 Å². The molecule has 1 aliphatic heterocycles. The molecule has 0 aromatic carbocycles. The molecule has 0 aromatic heterocycles. The monoisotopic (exact) mass is 213 g/mol. The minimum absolute atomic E-state index is 0.0929. The molecule has 0 radical (unpaired) electrons. The van der Waals surface area contributed by atoms with Crippen molar-refractivity contribution < 1.29 is 10.2 Å². The highest BCUT2D eigenvalue weighted by atomic mass is 16.3. The van der Waals surface area contributed by atoms with E-state index in [0.717, 1.165) is 25.3 Å². The zero-order chi connectivity index (χ0) is 10.8. The standard InChI is InChI=1S/C10H19N3O2/c1-13-6-9(15)5-12-10(13)11-4-7-2-8(14)3-7/h7-9,14-15H,2-6H2,1H3,(H,11,12). The Morgan fingerprint density at radius 1 is 1.40 bits per heavy atom. The molecule has 15 heavy (non-hydrogen) atoms. The number of nitrogens with zero attached hydrogens (tertiary/aromatic N) is 2. The normalized spacial score (nSPS) is 35.8. The van der Waals surface area contributed by atoms with Crippen LogP contribution in [-0.2, 0) is 0 Å². The Balaban J connectivity index is 1.74. The predicted octanol–water partition coefficient (Wildman–Crippen LogP) is -0.991. The Morgan fingerprint density at radius 2 is 2.13 bits per heavy atom. The molecule has 1 heterocycles. The maximum atomic E-state index is 9.36. The lowest BCUT2D eigenvalue weighted by Crippen LogP contribution is -2.49. The van der Waals surface area contributed by atoms with Crippen LogP contribution in [0.2, 0.25) is 0 Å². The highest BCUT2D eigenvalue weighted by Crippen LogP contribution is 2.26. The van der Waals surface area contributed by atoms with Crippen LogP contribution < -0.4 is 5.32 Å². The predicted molar refractivity (Wildman–Crippen MR) is 57.7 cm³/mol. The van der Waals surface area contributed by atoms with E-state index in [2.05, 4.69) is 10.3 Å². The van der Waals surface area contributed by atoms with Gasteiger partial charge in [-0.25, -0.2) is 0 Å². The second-order valence-corrected chi connectivity index (χ2v) is 4.57. The fourth-order valence-electron chi connectivity index (χ4n) is 2.07. The Labute approximate surface area is 89.8 Å². The Bertz CT molecular complexity index is 251. The summed E-state index contributed by atoms with van der Waals surface area (Å²) in [5.41, 5.74) is 0. The molecule has 1 aliphatic carbocycles. The van der Waals surface area contributed by atoms with Crippen molar-refractivity contribution in [1.82, 2.24) is 10.2 Å². The zero-order valence-corrected chi connectivity index (χ0v) is 9.06. The van der Waals surface area contributed by atoms with Gasteiger partial charge in [-0.3, -0.25) is 4.99 Å². The van der Waals surface area contributed by atoms with E-state index in [4.69, 9.17) is 5.11 Å². The third-order valence-electron chi connectivity index (χ3n) is 3.06. The number of hydrogen-bond donors (Lipinski definition) is 3. The molecule has 0 bridgehead atoms. The van der Waals surface area contributed by atoms with E-state index in [0.29, 0.717) is 19.0 Å². The summed E-state index contributed by atoms with van der Waals surface area (Å²) in [5, 5.41) is 21.8. The molecule has 1 fully saturated rings. The van der Waals surface area contributed by atoms with Gasteiger partial charge >= 0.3 is 0 Å². The van der Waals surface area contributed by atoms with Gasteiger partial charge in [-0.15, -0.1) is 0 Å². The molecule has 0 aromatic rings. The van der Waals surface area contributed by atoms with E-state index in [1.165, 1.54) is 0 Å². The summed E-state index contributed by atoms with van der Waals surface area (Å²) in [7, 11) is 1.92. The number of aliphatic hydroxyl groups is 2. The van der Waals surface area contributed by atoms with Gasteiger partial charge < -0.3 is 20.4 Å². The molecule has 1 saturated carbocycles. The Morgan fingerprint density at radius 3 is 2.73 bits per heavy atom. The number of hydrogen-bond acceptors (Lipinski definition) is 5. The van der Waals surface area contributed by atoms with E-state index in [1.54, 1.807) is 0 Å². The number of aliphatic hydroxyl groups excluding tert-OH is 2. The summed E-state index contributed by atoms with van der Waals surface area (Å²) in [6.07, 6.45) is 1.36. The highest BCUT2D eigenvalue weighted by molar-refractivity contribution is 5.80. The van der Waals surface area contributed by atoms with Crippen LogP contribution in [0.4, 0.5) is 0 Å². The van der Waals surface area contributed by atoms with Crippen molar-refractivity contribution in [3.63, 3.8) is 0 Å². The van der Waals surface area contributed by atoms with Crippen LogP contribution in [-0.4, -0.2) is 60.0 Å². The summed E-state index contributed by atoms with van der Waals surface area (Å²) in [6.45, 7) is 2.00. The molecule has 5 heteroatoms. The molecule has 0 amide bonds. The van der Waals surface area contributed by atoms with Crippen molar-refractivity contribution in [3.8, 4) is 0 Å². The minimum Gasteiger partial charge on any atom is -0.393 e. The maximum Gasteiger partial charge on any atom is 0.193 e.